The molecule has 0 heterocycles. The van der Waals surface area contributed by atoms with Crippen LogP contribution in [0.25, 0.3) is 0 Å². The molecule has 2 nitrogen and oxygen atoms in total. The first-order chi connectivity index (χ1) is 9.58. The molecule has 2 heteroatoms. The van der Waals surface area contributed by atoms with Crippen LogP contribution in [0.2, 0.25) is 0 Å². The van der Waals surface area contributed by atoms with Crippen LogP contribution in [0.3, 0.4) is 0 Å². The first-order valence-electron chi connectivity index (χ1n) is 7.01. The van der Waals surface area contributed by atoms with Crippen molar-refractivity contribution in [2.45, 2.75) is 33.4 Å². The molecule has 0 aliphatic heterocycles. The minimum Gasteiger partial charge on any atom is -0.380 e. The predicted octanol–water partition coefficient (Wildman–Crippen LogP) is 4.62. The van der Waals surface area contributed by atoms with Gasteiger partial charge in [0.05, 0.1) is 6.61 Å². The number of nitrogens with one attached hydrogen (secondary N) is 1. The average Bonchev–Trinajstić information content (AvgIpc) is 2.38. The lowest BCUT2D eigenvalue weighted by molar-refractivity contribution is 0.185. The van der Waals surface area contributed by atoms with Crippen molar-refractivity contribution in [2.75, 3.05) is 12.4 Å². The van der Waals surface area contributed by atoms with E-state index in [9.17, 15) is 0 Å². The van der Waals surface area contributed by atoms with Crippen molar-refractivity contribution in [1.29, 1.82) is 0 Å². The van der Waals surface area contributed by atoms with Crippen molar-refractivity contribution in [3.05, 3.63) is 64.7 Å². The van der Waals surface area contributed by atoms with Gasteiger partial charge in [0, 0.05) is 18.8 Å². The molecule has 0 radical (unpaired) electrons. The van der Waals surface area contributed by atoms with Crippen LogP contribution in [0.15, 0.2) is 42.5 Å². The Morgan fingerprint density at radius 1 is 1.05 bits per heavy atom. The Morgan fingerprint density at radius 3 is 2.40 bits per heavy atom. The third-order valence-electron chi connectivity index (χ3n) is 3.37. The zero-order valence-electron chi connectivity index (χ0n) is 12.7. The van der Waals surface area contributed by atoms with Crippen LogP contribution in [-0.2, 0) is 11.3 Å². The number of anilines is 1. The van der Waals surface area contributed by atoms with Crippen LogP contribution >= 0.6 is 0 Å². The first kappa shape index (κ1) is 14.6. The van der Waals surface area contributed by atoms with E-state index in [0.717, 1.165) is 5.69 Å². The summed E-state index contributed by atoms with van der Waals surface area (Å²) in [7, 11) is 1.72. The minimum atomic E-state index is 0.284. The van der Waals surface area contributed by atoms with E-state index in [-0.39, 0.29) is 6.04 Å². The highest BCUT2D eigenvalue weighted by Gasteiger charge is 2.07. The number of benzene rings is 2. The molecular formula is C18H23NO. The highest BCUT2D eigenvalue weighted by atomic mass is 16.5. The highest BCUT2D eigenvalue weighted by molar-refractivity contribution is 5.48. The molecular weight excluding hydrogens is 246 g/mol. The van der Waals surface area contributed by atoms with Crippen LogP contribution < -0.4 is 5.32 Å². The Labute approximate surface area is 121 Å². The maximum Gasteiger partial charge on any atom is 0.0713 e. The van der Waals surface area contributed by atoms with Gasteiger partial charge in [-0.05, 0) is 44.0 Å². The predicted molar refractivity (Wildman–Crippen MR) is 85.1 cm³/mol. The molecule has 2 aromatic carbocycles. The summed E-state index contributed by atoms with van der Waals surface area (Å²) < 4.78 is 5.18. The molecule has 0 spiro atoms. The van der Waals surface area contributed by atoms with Crippen molar-refractivity contribution < 1.29 is 4.74 Å². The molecule has 2 rings (SSSR count). The van der Waals surface area contributed by atoms with E-state index in [1.54, 1.807) is 7.11 Å². The normalized spacial score (nSPS) is 12.2. The molecule has 106 valence electrons. The Kier molecular flexibility index (Phi) is 4.80. The Balaban J connectivity index is 2.14. The molecule has 2 aromatic rings. The van der Waals surface area contributed by atoms with Gasteiger partial charge in [-0.15, -0.1) is 0 Å². The number of aryl methyl sites for hydroxylation is 2. The summed E-state index contributed by atoms with van der Waals surface area (Å²) in [5.41, 5.74) is 6.25. The molecule has 1 N–H and O–H groups in total. The van der Waals surface area contributed by atoms with Gasteiger partial charge in [-0.1, -0.05) is 41.5 Å². The third kappa shape index (κ3) is 3.84. The van der Waals surface area contributed by atoms with Crippen molar-refractivity contribution in [3.8, 4) is 0 Å². The van der Waals surface area contributed by atoms with Gasteiger partial charge in [-0.2, -0.15) is 0 Å². The maximum atomic E-state index is 5.18. The van der Waals surface area contributed by atoms with Gasteiger partial charge >= 0.3 is 0 Å². The summed E-state index contributed by atoms with van der Waals surface area (Å²) >= 11 is 0. The zero-order chi connectivity index (χ0) is 14.5. The Bertz CT molecular complexity index is 557. The molecule has 0 bridgehead atoms. The lowest BCUT2D eigenvalue weighted by Crippen LogP contribution is -2.07. The topological polar surface area (TPSA) is 21.3 Å². The first-order valence-corrected chi connectivity index (χ1v) is 7.01. The van der Waals surface area contributed by atoms with E-state index in [4.69, 9.17) is 4.74 Å². The molecule has 0 saturated carbocycles. The molecule has 1 unspecified atom stereocenters. The summed E-state index contributed by atoms with van der Waals surface area (Å²) in [6.45, 7) is 7.12. The zero-order valence-corrected chi connectivity index (χ0v) is 12.7. The van der Waals surface area contributed by atoms with Crippen molar-refractivity contribution in [2.24, 2.45) is 0 Å². The monoisotopic (exact) mass is 269 g/mol. The molecule has 20 heavy (non-hydrogen) atoms. The summed E-state index contributed by atoms with van der Waals surface area (Å²) in [6, 6.07) is 15.3. The van der Waals surface area contributed by atoms with Gasteiger partial charge in [0.1, 0.15) is 0 Å². The van der Waals surface area contributed by atoms with E-state index in [0.29, 0.717) is 6.61 Å². The lowest BCUT2D eigenvalue weighted by atomic mass is 10.0. The van der Waals surface area contributed by atoms with Gasteiger partial charge in [0.2, 0.25) is 0 Å². The number of methoxy groups -OCH3 is 1. The third-order valence-corrected chi connectivity index (χ3v) is 3.37. The molecule has 0 aliphatic rings. The van der Waals surface area contributed by atoms with Gasteiger partial charge < -0.3 is 10.1 Å². The summed E-state index contributed by atoms with van der Waals surface area (Å²) in [4.78, 5) is 0. The summed E-state index contributed by atoms with van der Waals surface area (Å²) in [6.07, 6.45) is 0. The average molecular weight is 269 g/mol. The van der Waals surface area contributed by atoms with Gasteiger partial charge in [0.15, 0.2) is 0 Å². The fraction of sp³-hybridized carbons (Fsp3) is 0.333. The quantitative estimate of drug-likeness (QED) is 0.855. The standard InChI is InChI=1S/C18H23NO/c1-13-8-14(2)10-17(9-13)15(3)19-18-7-5-6-16(11-18)12-20-4/h5-11,15,19H,12H2,1-4H3. The fourth-order valence-corrected chi connectivity index (χ4v) is 2.51. The number of ether oxygens (including phenoxy) is 1. The second-order valence-electron chi connectivity index (χ2n) is 5.42. The van der Waals surface area contributed by atoms with E-state index < -0.39 is 0 Å². The number of hydrogen-bond acceptors (Lipinski definition) is 2. The van der Waals surface area contributed by atoms with E-state index in [2.05, 4.69) is 68.6 Å². The van der Waals surface area contributed by atoms with Crippen LogP contribution in [0.1, 0.15) is 35.2 Å². The van der Waals surface area contributed by atoms with Crippen molar-refractivity contribution >= 4 is 5.69 Å². The number of rotatable bonds is 5. The lowest BCUT2D eigenvalue weighted by Gasteiger charge is -2.17. The molecule has 0 aliphatic carbocycles. The minimum absolute atomic E-state index is 0.284. The second-order valence-corrected chi connectivity index (χ2v) is 5.42. The van der Waals surface area contributed by atoms with Gasteiger partial charge in [0.25, 0.3) is 0 Å². The van der Waals surface area contributed by atoms with Crippen LogP contribution in [0, 0.1) is 13.8 Å². The van der Waals surface area contributed by atoms with Crippen molar-refractivity contribution in [1.82, 2.24) is 0 Å². The highest BCUT2D eigenvalue weighted by Crippen LogP contribution is 2.22. The van der Waals surface area contributed by atoms with Crippen molar-refractivity contribution in [3.63, 3.8) is 0 Å². The number of hydrogen-bond donors (Lipinski definition) is 1. The van der Waals surface area contributed by atoms with Gasteiger partial charge in [-0.3, -0.25) is 0 Å². The van der Waals surface area contributed by atoms with Crippen LogP contribution in [0.4, 0.5) is 5.69 Å². The van der Waals surface area contributed by atoms with Crippen LogP contribution in [-0.4, -0.2) is 7.11 Å². The molecule has 0 aromatic heterocycles. The van der Waals surface area contributed by atoms with Crippen LogP contribution in [0.5, 0.6) is 0 Å². The Hall–Kier alpha value is -1.80. The largest absolute Gasteiger partial charge is 0.380 e. The molecule has 0 saturated heterocycles. The maximum absolute atomic E-state index is 5.18. The van der Waals surface area contributed by atoms with E-state index in [1.165, 1.54) is 22.3 Å². The Morgan fingerprint density at radius 2 is 1.75 bits per heavy atom. The van der Waals surface area contributed by atoms with E-state index in [1.807, 2.05) is 0 Å². The van der Waals surface area contributed by atoms with E-state index >= 15 is 0 Å². The second kappa shape index (κ2) is 6.58. The fourth-order valence-electron chi connectivity index (χ4n) is 2.51. The summed E-state index contributed by atoms with van der Waals surface area (Å²) in [5, 5.41) is 3.56. The molecule has 1 atom stereocenters. The SMILES string of the molecule is COCc1cccc(NC(C)c2cc(C)cc(C)c2)c1. The van der Waals surface area contributed by atoms with Gasteiger partial charge in [-0.25, -0.2) is 0 Å². The molecule has 0 fully saturated rings. The smallest absolute Gasteiger partial charge is 0.0713 e. The summed E-state index contributed by atoms with van der Waals surface area (Å²) in [5.74, 6) is 0. The molecule has 0 amide bonds.